The maximum absolute atomic E-state index is 14.5. The van der Waals surface area contributed by atoms with Crippen molar-refractivity contribution in [2.75, 3.05) is 43.0 Å². The molecule has 164 valence electrons. The van der Waals surface area contributed by atoms with Gasteiger partial charge >= 0.3 is 6.03 Å². The lowest BCUT2D eigenvalue weighted by atomic mass is 10.1. The molecule has 0 unspecified atom stereocenters. The average Bonchev–Trinajstić information content (AvgIpc) is 3.15. The number of carbonyl (C=O) groups excluding carboxylic acids is 1. The van der Waals surface area contributed by atoms with Gasteiger partial charge in [0.15, 0.2) is 5.13 Å². The summed E-state index contributed by atoms with van der Waals surface area (Å²) < 4.78 is 28.5. The van der Waals surface area contributed by atoms with Crippen LogP contribution in [0.15, 0.2) is 36.4 Å². The molecule has 0 spiro atoms. The third kappa shape index (κ3) is 4.92. The number of amides is 2. The number of benzene rings is 2. The minimum atomic E-state index is -0.915. The predicted molar refractivity (Wildman–Crippen MR) is 116 cm³/mol. The quantitative estimate of drug-likeness (QED) is 0.559. The molecule has 10 heteroatoms. The number of fused-ring (bicyclic) bond motifs is 1. The van der Waals surface area contributed by atoms with E-state index in [2.05, 4.69) is 10.3 Å². The van der Waals surface area contributed by atoms with Crippen LogP contribution in [0.4, 0.5) is 24.4 Å². The van der Waals surface area contributed by atoms with E-state index < -0.39 is 11.9 Å². The molecule has 0 saturated carbocycles. The first-order valence-electron chi connectivity index (χ1n) is 9.87. The van der Waals surface area contributed by atoms with Gasteiger partial charge in [-0.1, -0.05) is 17.4 Å². The molecular formula is C21H22F2N4O3S. The van der Waals surface area contributed by atoms with Crippen LogP contribution in [-0.2, 0) is 6.42 Å². The minimum absolute atomic E-state index is 0.181. The third-order valence-corrected chi connectivity index (χ3v) is 6.10. The normalized spacial score (nSPS) is 15.4. The second-order valence-corrected chi connectivity index (χ2v) is 8.39. The van der Waals surface area contributed by atoms with Crippen molar-refractivity contribution in [1.29, 1.82) is 0 Å². The first-order chi connectivity index (χ1) is 14.9. The number of rotatable bonds is 5. The number of urea groups is 1. The van der Waals surface area contributed by atoms with Crippen molar-refractivity contribution in [3.63, 3.8) is 0 Å². The summed E-state index contributed by atoms with van der Waals surface area (Å²) in [6.45, 7) is 1.38. The van der Waals surface area contributed by atoms with Crippen molar-refractivity contribution in [2.24, 2.45) is 0 Å². The zero-order valence-corrected chi connectivity index (χ0v) is 17.4. The van der Waals surface area contributed by atoms with E-state index in [0.29, 0.717) is 52.8 Å². The largest absolute Gasteiger partial charge is 0.394 e. The Morgan fingerprint density at radius 1 is 1.16 bits per heavy atom. The summed E-state index contributed by atoms with van der Waals surface area (Å²) in [5, 5.41) is 21.6. The van der Waals surface area contributed by atoms with Crippen LogP contribution in [0.2, 0.25) is 0 Å². The van der Waals surface area contributed by atoms with Gasteiger partial charge in [0.1, 0.15) is 11.6 Å². The van der Waals surface area contributed by atoms with Gasteiger partial charge in [-0.25, -0.2) is 18.6 Å². The Bertz CT molecular complexity index is 1090. The van der Waals surface area contributed by atoms with Crippen molar-refractivity contribution in [3.8, 4) is 0 Å². The number of halogens is 2. The van der Waals surface area contributed by atoms with Gasteiger partial charge < -0.3 is 20.0 Å². The lowest BCUT2D eigenvalue weighted by Crippen LogP contribution is -2.50. The highest BCUT2D eigenvalue weighted by atomic mass is 32.1. The molecule has 7 nitrogen and oxygen atoms in total. The summed E-state index contributed by atoms with van der Waals surface area (Å²) in [6.07, 6.45) is -0.734. The van der Waals surface area contributed by atoms with Gasteiger partial charge in [0.25, 0.3) is 0 Å². The maximum atomic E-state index is 14.5. The second kappa shape index (κ2) is 9.13. The van der Waals surface area contributed by atoms with E-state index in [-0.39, 0.29) is 24.9 Å². The van der Waals surface area contributed by atoms with Crippen LogP contribution in [0.5, 0.6) is 0 Å². The Morgan fingerprint density at radius 3 is 2.65 bits per heavy atom. The van der Waals surface area contributed by atoms with E-state index >= 15 is 0 Å². The molecule has 2 amide bonds. The zero-order chi connectivity index (χ0) is 22.0. The monoisotopic (exact) mass is 448 g/mol. The zero-order valence-electron chi connectivity index (χ0n) is 16.6. The summed E-state index contributed by atoms with van der Waals surface area (Å²) in [5.41, 5.74) is 1.67. The van der Waals surface area contributed by atoms with E-state index in [1.165, 1.54) is 29.5 Å². The Kier molecular flexibility index (Phi) is 6.30. The Balaban J connectivity index is 1.35. The number of thiazole rings is 1. The van der Waals surface area contributed by atoms with Gasteiger partial charge in [-0.3, -0.25) is 5.32 Å². The number of anilines is 2. The van der Waals surface area contributed by atoms with Gasteiger partial charge in [0, 0.05) is 32.6 Å². The molecule has 1 fully saturated rings. The van der Waals surface area contributed by atoms with E-state index in [0.717, 1.165) is 0 Å². The molecule has 1 saturated heterocycles. The fourth-order valence-corrected chi connectivity index (χ4v) is 4.42. The van der Waals surface area contributed by atoms with Crippen LogP contribution in [0.1, 0.15) is 5.56 Å². The number of carbonyl (C=O) groups is 1. The van der Waals surface area contributed by atoms with E-state index in [9.17, 15) is 18.7 Å². The number of aliphatic hydroxyl groups excluding tert-OH is 2. The molecule has 3 aromatic rings. The van der Waals surface area contributed by atoms with Crippen LogP contribution in [-0.4, -0.2) is 65.0 Å². The number of aromatic nitrogens is 1. The Morgan fingerprint density at radius 2 is 1.94 bits per heavy atom. The number of hydrogen-bond acceptors (Lipinski definition) is 6. The molecule has 1 aliphatic rings. The highest BCUT2D eigenvalue weighted by Crippen LogP contribution is 2.27. The van der Waals surface area contributed by atoms with Gasteiger partial charge in [0.2, 0.25) is 0 Å². The lowest BCUT2D eigenvalue weighted by Gasteiger charge is -2.36. The fraction of sp³-hybridized carbons (Fsp3) is 0.333. The molecule has 1 aliphatic heterocycles. The van der Waals surface area contributed by atoms with E-state index in [4.69, 9.17) is 5.11 Å². The molecule has 0 bridgehead atoms. The Hall–Kier alpha value is -2.82. The molecule has 3 N–H and O–H groups in total. The van der Waals surface area contributed by atoms with Crippen LogP contribution >= 0.6 is 11.3 Å². The fourth-order valence-electron chi connectivity index (χ4n) is 3.54. The summed E-state index contributed by atoms with van der Waals surface area (Å²) in [4.78, 5) is 20.4. The summed E-state index contributed by atoms with van der Waals surface area (Å²) in [7, 11) is 0. The van der Waals surface area contributed by atoms with Crippen molar-refractivity contribution in [3.05, 3.63) is 53.6 Å². The molecule has 2 heterocycles. The highest BCUT2D eigenvalue weighted by molar-refractivity contribution is 7.22. The molecular weight excluding hydrogens is 426 g/mol. The summed E-state index contributed by atoms with van der Waals surface area (Å²) in [5.74, 6) is -0.753. The minimum Gasteiger partial charge on any atom is -0.394 e. The first kappa shape index (κ1) is 21.4. The van der Waals surface area contributed by atoms with Crippen LogP contribution in [0.25, 0.3) is 10.2 Å². The average molecular weight is 448 g/mol. The van der Waals surface area contributed by atoms with Crippen molar-refractivity contribution >= 4 is 38.4 Å². The number of nitrogens with one attached hydrogen (secondary N) is 1. The van der Waals surface area contributed by atoms with Crippen molar-refractivity contribution in [2.45, 2.75) is 12.5 Å². The molecule has 0 aliphatic carbocycles. The third-order valence-electron chi connectivity index (χ3n) is 5.17. The SMILES string of the molecule is O=C(Nc1nc2ccc(F)cc2s1)N1CCN(c2ccc(C[C@H](O)CO)cc2F)CC1. The smallest absolute Gasteiger partial charge is 0.323 e. The number of nitrogens with zero attached hydrogens (tertiary/aromatic N) is 3. The molecule has 1 atom stereocenters. The summed E-state index contributed by atoms with van der Waals surface area (Å²) in [6, 6.07) is 8.73. The molecule has 4 rings (SSSR count). The van der Waals surface area contributed by atoms with Gasteiger partial charge in [-0.2, -0.15) is 0 Å². The topological polar surface area (TPSA) is 88.9 Å². The molecule has 1 aromatic heterocycles. The predicted octanol–water partition coefficient (Wildman–Crippen LogP) is 2.82. The molecule has 0 radical (unpaired) electrons. The lowest BCUT2D eigenvalue weighted by molar-refractivity contribution is 0.0954. The highest BCUT2D eigenvalue weighted by Gasteiger charge is 2.24. The van der Waals surface area contributed by atoms with Crippen LogP contribution < -0.4 is 10.2 Å². The number of aliphatic hydroxyl groups is 2. The summed E-state index contributed by atoms with van der Waals surface area (Å²) >= 11 is 1.21. The van der Waals surface area contributed by atoms with Gasteiger partial charge in [0.05, 0.1) is 28.6 Å². The van der Waals surface area contributed by atoms with Crippen LogP contribution in [0.3, 0.4) is 0 Å². The maximum Gasteiger partial charge on any atom is 0.323 e. The van der Waals surface area contributed by atoms with E-state index in [1.807, 2.05) is 4.90 Å². The van der Waals surface area contributed by atoms with Gasteiger partial charge in [-0.15, -0.1) is 0 Å². The second-order valence-electron chi connectivity index (χ2n) is 7.36. The first-order valence-corrected chi connectivity index (χ1v) is 10.7. The Labute approximate surface area is 181 Å². The van der Waals surface area contributed by atoms with Gasteiger partial charge in [-0.05, 0) is 35.9 Å². The van der Waals surface area contributed by atoms with E-state index in [1.54, 1.807) is 23.1 Å². The molecule has 2 aromatic carbocycles. The standard InChI is InChI=1S/C21H22F2N4O3S/c22-14-2-3-17-19(11-14)31-20(24-17)25-21(30)27-7-5-26(6-8-27)18-4-1-13(10-16(18)23)9-15(29)12-28/h1-4,10-11,15,28-29H,5-9,12H2,(H,24,25,30)/t15-/m0/s1. The molecule has 31 heavy (non-hydrogen) atoms. The van der Waals surface area contributed by atoms with Crippen molar-refractivity contribution < 1.29 is 23.8 Å². The number of piperazine rings is 1. The van der Waals surface area contributed by atoms with Crippen LogP contribution in [0, 0.1) is 11.6 Å². The number of hydrogen-bond donors (Lipinski definition) is 3. The van der Waals surface area contributed by atoms with Crippen molar-refractivity contribution in [1.82, 2.24) is 9.88 Å².